The van der Waals surface area contributed by atoms with Crippen molar-refractivity contribution < 1.29 is 18.7 Å². The second-order valence-electron chi connectivity index (χ2n) is 7.40. The van der Waals surface area contributed by atoms with Gasteiger partial charge in [0.15, 0.2) is 11.5 Å². The number of hydrogen-bond donors (Lipinski definition) is 2. The van der Waals surface area contributed by atoms with Crippen molar-refractivity contribution in [3.8, 4) is 0 Å². The number of hydrogen-bond acceptors (Lipinski definition) is 7. The summed E-state index contributed by atoms with van der Waals surface area (Å²) in [7, 11) is 1.29. The number of halogens is 1. The lowest BCUT2D eigenvalue weighted by atomic mass is 10.0. The van der Waals surface area contributed by atoms with Crippen LogP contribution in [-0.2, 0) is 27.3 Å². The number of nitrogens with zero attached hydrogens (tertiary/aromatic N) is 4. The number of methoxy groups -OCH3 is 1. The molecule has 0 saturated heterocycles. The summed E-state index contributed by atoms with van der Waals surface area (Å²) < 4.78 is 19.3. The Labute approximate surface area is 179 Å². The normalized spacial score (nSPS) is 12.0. The lowest BCUT2D eigenvalue weighted by Crippen LogP contribution is -2.45. The van der Waals surface area contributed by atoms with Crippen molar-refractivity contribution in [2.45, 2.75) is 39.3 Å². The summed E-state index contributed by atoms with van der Waals surface area (Å²) in [4.78, 5) is 24.1. The number of ether oxygens (including phenoxy) is 1. The van der Waals surface area contributed by atoms with Gasteiger partial charge in [0.1, 0.15) is 17.7 Å². The van der Waals surface area contributed by atoms with Gasteiger partial charge in [0.25, 0.3) is 0 Å². The zero-order chi connectivity index (χ0) is 22.4. The highest BCUT2D eigenvalue weighted by Gasteiger charge is 2.24. The number of anilines is 1. The molecule has 0 unspecified atom stereocenters. The van der Waals surface area contributed by atoms with Crippen LogP contribution in [0.3, 0.4) is 0 Å². The summed E-state index contributed by atoms with van der Waals surface area (Å²) in [5, 5.41) is 18.5. The fourth-order valence-corrected chi connectivity index (χ4v) is 2.97. The Hall–Kier alpha value is -3.56. The van der Waals surface area contributed by atoms with Gasteiger partial charge in [-0.15, -0.1) is 15.3 Å². The third-order valence-electron chi connectivity index (χ3n) is 4.73. The fourth-order valence-electron chi connectivity index (χ4n) is 2.97. The summed E-state index contributed by atoms with van der Waals surface area (Å²) in [6, 6.07) is 9.04. The Morgan fingerprint density at radius 3 is 2.55 bits per heavy atom. The van der Waals surface area contributed by atoms with Crippen LogP contribution in [-0.4, -0.2) is 44.8 Å². The van der Waals surface area contributed by atoms with Crippen LogP contribution in [0.4, 0.5) is 10.2 Å². The molecule has 0 fully saturated rings. The molecule has 2 heterocycles. The number of carbonyl (C=O) groups is 2. The molecule has 3 aromatic rings. The van der Waals surface area contributed by atoms with Gasteiger partial charge in [-0.1, -0.05) is 26.0 Å². The molecule has 1 atom stereocenters. The van der Waals surface area contributed by atoms with Crippen molar-refractivity contribution in [3.63, 3.8) is 0 Å². The number of benzene rings is 1. The third kappa shape index (κ3) is 5.74. The lowest BCUT2D eigenvalue weighted by molar-refractivity contribution is -0.146. The van der Waals surface area contributed by atoms with Crippen LogP contribution in [0, 0.1) is 11.7 Å². The molecule has 0 bridgehead atoms. The molecule has 1 aromatic carbocycles. The largest absolute Gasteiger partial charge is 0.467 e. The molecule has 0 radical (unpaired) electrons. The van der Waals surface area contributed by atoms with Gasteiger partial charge in [0, 0.05) is 19.4 Å². The Morgan fingerprint density at radius 1 is 1.13 bits per heavy atom. The maximum atomic E-state index is 13.0. The summed E-state index contributed by atoms with van der Waals surface area (Å²) in [5.41, 5.74) is 1.46. The van der Waals surface area contributed by atoms with Crippen LogP contribution in [0.1, 0.15) is 31.7 Å². The number of carbonyl (C=O) groups excluding carboxylic acids is 2. The predicted octanol–water partition coefficient (Wildman–Crippen LogP) is 2.12. The average Bonchev–Trinajstić information content (AvgIpc) is 3.17. The van der Waals surface area contributed by atoms with Crippen LogP contribution in [0.15, 0.2) is 36.4 Å². The van der Waals surface area contributed by atoms with Gasteiger partial charge >= 0.3 is 5.97 Å². The minimum Gasteiger partial charge on any atom is -0.467 e. The monoisotopic (exact) mass is 428 g/mol. The molecular weight excluding hydrogens is 403 g/mol. The van der Waals surface area contributed by atoms with Gasteiger partial charge in [0.05, 0.1) is 7.11 Å². The maximum Gasteiger partial charge on any atom is 0.328 e. The van der Waals surface area contributed by atoms with Gasteiger partial charge < -0.3 is 15.4 Å². The summed E-state index contributed by atoms with van der Waals surface area (Å²) in [5.74, 6) is -0.0293. The van der Waals surface area contributed by atoms with Crippen molar-refractivity contribution in [1.29, 1.82) is 0 Å². The van der Waals surface area contributed by atoms with Gasteiger partial charge in [-0.25, -0.2) is 9.18 Å². The van der Waals surface area contributed by atoms with E-state index in [-0.39, 0.29) is 24.1 Å². The van der Waals surface area contributed by atoms with Crippen molar-refractivity contribution >= 4 is 23.3 Å². The first-order chi connectivity index (χ1) is 14.9. The number of nitrogens with one attached hydrogen (secondary N) is 2. The number of amides is 1. The number of aryl methyl sites for hydroxylation is 1. The van der Waals surface area contributed by atoms with E-state index in [9.17, 15) is 14.0 Å². The highest BCUT2D eigenvalue weighted by molar-refractivity contribution is 5.84. The van der Waals surface area contributed by atoms with Crippen molar-refractivity contribution in [3.05, 3.63) is 53.6 Å². The molecule has 10 heteroatoms. The predicted molar refractivity (Wildman–Crippen MR) is 112 cm³/mol. The van der Waals surface area contributed by atoms with Gasteiger partial charge in [-0.3, -0.25) is 4.79 Å². The smallest absolute Gasteiger partial charge is 0.328 e. The van der Waals surface area contributed by atoms with E-state index in [1.165, 1.54) is 19.2 Å². The minimum absolute atomic E-state index is 0.0956. The van der Waals surface area contributed by atoms with E-state index < -0.39 is 12.0 Å². The molecule has 2 N–H and O–H groups in total. The quantitative estimate of drug-likeness (QED) is 0.502. The number of fused-ring (bicyclic) bond motifs is 1. The third-order valence-corrected chi connectivity index (χ3v) is 4.73. The van der Waals surface area contributed by atoms with Crippen molar-refractivity contribution in [2.75, 3.05) is 12.4 Å². The van der Waals surface area contributed by atoms with Gasteiger partial charge in [-0.2, -0.15) is 4.52 Å². The molecule has 0 aliphatic heterocycles. The van der Waals surface area contributed by atoms with Crippen molar-refractivity contribution in [1.82, 2.24) is 25.1 Å². The average molecular weight is 428 g/mol. The molecule has 0 aliphatic rings. The maximum absolute atomic E-state index is 13.0. The SMILES string of the molecule is COC(=O)[C@H](NC(=O)CCc1nnc2ccc(NCc3ccc(F)cc3)nn12)C(C)C. The van der Waals surface area contributed by atoms with Crippen LogP contribution in [0.25, 0.3) is 5.65 Å². The van der Waals surface area contributed by atoms with Crippen LogP contribution in [0.2, 0.25) is 0 Å². The lowest BCUT2D eigenvalue weighted by Gasteiger charge is -2.19. The highest BCUT2D eigenvalue weighted by atomic mass is 19.1. The highest BCUT2D eigenvalue weighted by Crippen LogP contribution is 2.11. The van der Waals surface area contributed by atoms with E-state index in [1.807, 2.05) is 13.8 Å². The van der Waals surface area contributed by atoms with Crippen LogP contribution >= 0.6 is 0 Å². The molecule has 1 amide bonds. The van der Waals surface area contributed by atoms with E-state index in [0.29, 0.717) is 30.3 Å². The molecule has 0 spiro atoms. The van der Waals surface area contributed by atoms with E-state index in [1.54, 1.807) is 28.8 Å². The topological polar surface area (TPSA) is 111 Å². The van der Waals surface area contributed by atoms with Crippen LogP contribution in [0.5, 0.6) is 0 Å². The standard InChI is InChI=1S/C21H25FN6O3/c1-13(2)20(21(30)31-3)24-19(29)11-10-18-26-25-17-9-8-16(27-28(17)18)23-12-14-4-6-15(22)7-5-14/h4-9,13,20H,10-12H2,1-3H3,(H,23,27)(H,24,29)/t20-/m1/s1. The summed E-state index contributed by atoms with van der Waals surface area (Å²) in [6.45, 7) is 4.14. The first-order valence-corrected chi connectivity index (χ1v) is 9.94. The first-order valence-electron chi connectivity index (χ1n) is 9.94. The number of rotatable bonds is 9. The van der Waals surface area contributed by atoms with E-state index in [2.05, 4.69) is 25.9 Å². The molecule has 0 saturated carbocycles. The molecular formula is C21H25FN6O3. The molecule has 9 nitrogen and oxygen atoms in total. The summed E-state index contributed by atoms with van der Waals surface area (Å²) in [6.07, 6.45) is 0.420. The number of aromatic nitrogens is 4. The molecule has 3 rings (SSSR count). The minimum atomic E-state index is -0.701. The summed E-state index contributed by atoms with van der Waals surface area (Å²) >= 11 is 0. The zero-order valence-electron chi connectivity index (χ0n) is 17.6. The van der Waals surface area contributed by atoms with Gasteiger partial charge in [-0.05, 0) is 35.7 Å². The zero-order valence-corrected chi connectivity index (χ0v) is 17.6. The fraction of sp³-hybridized carbons (Fsp3) is 0.381. The first kappa shape index (κ1) is 22.1. The Bertz CT molecular complexity index is 1050. The Kier molecular flexibility index (Phi) is 7.11. The second-order valence-corrected chi connectivity index (χ2v) is 7.40. The van der Waals surface area contributed by atoms with E-state index in [4.69, 9.17) is 4.74 Å². The van der Waals surface area contributed by atoms with E-state index in [0.717, 1.165) is 5.56 Å². The second kappa shape index (κ2) is 9.96. The molecule has 0 aliphatic carbocycles. The molecule has 164 valence electrons. The Balaban J connectivity index is 1.63. The van der Waals surface area contributed by atoms with Crippen molar-refractivity contribution in [2.24, 2.45) is 5.92 Å². The van der Waals surface area contributed by atoms with E-state index >= 15 is 0 Å². The number of esters is 1. The van der Waals surface area contributed by atoms with Crippen LogP contribution < -0.4 is 10.6 Å². The molecule has 2 aromatic heterocycles. The Morgan fingerprint density at radius 2 is 1.87 bits per heavy atom. The van der Waals surface area contributed by atoms with Gasteiger partial charge in [0.2, 0.25) is 5.91 Å². The molecule has 31 heavy (non-hydrogen) atoms.